The summed E-state index contributed by atoms with van der Waals surface area (Å²) in [6.45, 7) is 9.16. The summed E-state index contributed by atoms with van der Waals surface area (Å²) in [5.74, 6) is 1.54. The van der Waals surface area contributed by atoms with Gasteiger partial charge in [0.1, 0.15) is 0 Å². The largest absolute Gasteiger partial charge is 0.440 e. The van der Waals surface area contributed by atoms with Crippen LogP contribution in [-0.2, 0) is 12.0 Å². The molecule has 0 atom stereocenters. The van der Waals surface area contributed by atoms with E-state index in [4.69, 9.17) is 4.42 Å². The molecule has 0 N–H and O–H groups in total. The summed E-state index contributed by atoms with van der Waals surface area (Å²) < 4.78 is 7.60. The number of nitrogens with zero attached hydrogens (tertiary/aromatic N) is 3. The van der Waals surface area contributed by atoms with E-state index in [1.165, 1.54) is 0 Å². The highest BCUT2D eigenvalue weighted by molar-refractivity contribution is 5.53. The smallest absolute Gasteiger partial charge is 0.200 e. The Morgan fingerprint density at radius 3 is 2.56 bits per heavy atom. The van der Waals surface area contributed by atoms with E-state index in [9.17, 15) is 0 Å². The van der Waals surface area contributed by atoms with Gasteiger partial charge in [0.15, 0.2) is 11.7 Å². The molecule has 0 bridgehead atoms. The fourth-order valence-electron chi connectivity index (χ4n) is 1.42. The van der Waals surface area contributed by atoms with Crippen molar-refractivity contribution >= 4 is 0 Å². The number of oxazole rings is 1. The van der Waals surface area contributed by atoms with Crippen LogP contribution in [0.15, 0.2) is 23.0 Å². The summed E-state index contributed by atoms with van der Waals surface area (Å²) in [5, 5.41) is 4.21. The Labute approximate surface area is 95.3 Å². The maximum atomic E-state index is 5.73. The predicted octanol–water partition coefficient (Wildman–Crippen LogP) is 2.86. The highest BCUT2D eigenvalue weighted by Crippen LogP contribution is 2.26. The molecular formula is C12H17N3O. The maximum absolute atomic E-state index is 5.73. The third-order valence-electron chi connectivity index (χ3n) is 2.39. The Balaban J connectivity index is 2.31. The monoisotopic (exact) mass is 219 g/mol. The van der Waals surface area contributed by atoms with E-state index in [1.807, 2.05) is 10.9 Å². The molecule has 0 unspecified atom stereocenters. The lowest BCUT2D eigenvalue weighted by atomic mass is 9.97. The van der Waals surface area contributed by atoms with Crippen molar-refractivity contribution in [2.45, 2.75) is 39.7 Å². The van der Waals surface area contributed by atoms with Gasteiger partial charge in [0.2, 0.25) is 0 Å². The van der Waals surface area contributed by atoms with Crippen molar-refractivity contribution in [2.75, 3.05) is 0 Å². The molecule has 16 heavy (non-hydrogen) atoms. The van der Waals surface area contributed by atoms with Crippen molar-refractivity contribution in [1.29, 1.82) is 0 Å². The highest BCUT2D eigenvalue weighted by Gasteiger charge is 2.20. The normalized spacial score (nSPS) is 12.0. The molecule has 0 aliphatic carbocycles. The first-order chi connectivity index (χ1) is 7.50. The molecule has 0 amide bonds. The topological polar surface area (TPSA) is 43.9 Å². The van der Waals surface area contributed by atoms with E-state index in [1.54, 1.807) is 12.4 Å². The molecule has 2 aromatic rings. The van der Waals surface area contributed by atoms with Gasteiger partial charge in [0.25, 0.3) is 0 Å². The van der Waals surface area contributed by atoms with Gasteiger partial charge in [-0.25, -0.2) is 4.98 Å². The zero-order valence-electron chi connectivity index (χ0n) is 10.2. The molecule has 4 heteroatoms. The van der Waals surface area contributed by atoms with Crippen molar-refractivity contribution in [3.63, 3.8) is 0 Å². The van der Waals surface area contributed by atoms with Crippen molar-refractivity contribution in [3.05, 3.63) is 24.5 Å². The molecule has 0 aromatic carbocycles. The van der Waals surface area contributed by atoms with Crippen LogP contribution < -0.4 is 0 Å². The van der Waals surface area contributed by atoms with E-state index in [-0.39, 0.29) is 5.41 Å². The number of aromatic nitrogens is 3. The van der Waals surface area contributed by atoms with Gasteiger partial charge in [0, 0.05) is 18.2 Å². The number of hydrogen-bond donors (Lipinski definition) is 0. The van der Waals surface area contributed by atoms with Crippen LogP contribution in [0, 0.1) is 0 Å². The third kappa shape index (κ3) is 2.01. The SMILES string of the molecule is CCn1cc(-c2cnc(C(C)(C)C)o2)cn1. The van der Waals surface area contributed by atoms with E-state index in [2.05, 4.69) is 37.8 Å². The van der Waals surface area contributed by atoms with Crippen LogP contribution in [0.25, 0.3) is 11.3 Å². The van der Waals surface area contributed by atoms with Crippen molar-refractivity contribution in [3.8, 4) is 11.3 Å². The van der Waals surface area contributed by atoms with Crippen LogP contribution >= 0.6 is 0 Å². The fourth-order valence-corrected chi connectivity index (χ4v) is 1.42. The summed E-state index contributed by atoms with van der Waals surface area (Å²) >= 11 is 0. The first-order valence-electron chi connectivity index (χ1n) is 5.50. The Morgan fingerprint density at radius 2 is 2.06 bits per heavy atom. The molecule has 0 saturated carbocycles. The van der Waals surface area contributed by atoms with E-state index >= 15 is 0 Å². The average molecular weight is 219 g/mol. The zero-order chi connectivity index (χ0) is 11.8. The average Bonchev–Trinajstić information content (AvgIpc) is 2.85. The van der Waals surface area contributed by atoms with Gasteiger partial charge in [-0.2, -0.15) is 5.10 Å². The minimum Gasteiger partial charge on any atom is -0.440 e. The van der Waals surface area contributed by atoms with Crippen LogP contribution in [0.2, 0.25) is 0 Å². The summed E-state index contributed by atoms with van der Waals surface area (Å²) in [7, 11) is 0. The van der Waals surface area contributed by atoms with Gasteiger partial charge in [-0.05, 0) is 6.92 Å². The second kappa shape index (κ2) is 3.77. The Morgan fingerprint density at radius 1 is 1.31 bits per heavy atom. The van der Waals surface area contributed by atoms with E-state index in [0.717, 1.165) is 23.8 Å². The Bertz CT molecular complexity index is 476. The predicted molar refractivity (Wildman–Crippen MR) is 62.1 cm³/mol. The second-order valence-electron chi connectivity index (χ2n) is 4.86. The number of aryl methyl sites for hydroxylation is 1. The minimum absolute atomic E-state index is 0.0565. The molecule has 0 radical (unpaired) electrons. The van der Waals surface area contributed by atoms with Crippen LogP contribution in [0.1, 0.15) is 33.6 Å². The molecule has 4 nitrogen and oxygen atoms in total. The number of rotatable bonds is 2. The van der Waals surface area contributed by atoms with Gasteiger partial charge in [-0.3, -0.25) is 4.68 Å². The van der Waals surface area contributed by atoms with E-state index in [0.29, 0.717) is 0 Å². The highest BCUT2D eigenvalue weighted by atomic mass is 16.4. The van der Waals surface area contributed by atoms with Crippen molar-refractivity contribution in [1.82, 2.24) is 14.8 Å². The van der Waals surface area contributed by atoms with Crippen molar-refractivity contribution < 1.29 is 4.42 Å². The second-order valence-corrected chi connectivity index (χ2v) is 4.86. The molecule has 86 valence electrons. The summed E-state index contributed by atoms with van der Waals surface area (Å²) in [6.07, 6.45) is 5.53. The molecule has 2 aromatic heterocycles. The first-order valence-corrected chi connectivity index (χ1v) is 5.50. The van der Waals surface area contributed by atoms with Gasteiger partial charge in [-0.1, -0.05) is 20.8 Å². The van der Waals surface area contributed by atoms with Gasteiger partial charge in [0.05, 0.1) is 18.0 Å². The van der Waals surface area contributed by atoms with Crippen LogP contribution in [0.4, 0.5) is 0 Å². The standard InChI is InChI=1S/C12H17N3O/c1-5-15-8-9(6-14-15)10-7-13-11(16-10)12(2,3)4/h6-8H,5H2,1-4H3. The van der Waals surface area contributed by atoms with Crippen LogP contribution in [0.3, 0.4) is 0 Å². The minimum atomic E-state index is -0.0565. The van der Waals surface area contributed by atoms with Gasteiger partial charge >= 0.3 is 0 Å². The zero-order valence-corrected chi connectivity index (χ0v) is 10.2. The maximum Gasteiger partial charge on any atom is 0.200 e. The Kier molecular flexibility index (Phi) is 2.58. The molecule has 2 rings (SSSR count). The number of hydrogen-bond acceptors (Lipinski definition) is 3. The van der Waals surface area contributed by atoms with Crippen LogP contribution in [0.5, 0.6) is 0 Å². The summed E-state index contributed by atoms with van der Waals surface area (Å²) in [5.41, 5.74) is 0.920. The Hall–Kier alpha value is -1.58. The van der Waals surface area contributed by atoms with Gasteiger partial charge < -0.3 is 4.42 Å². The first kappa shape index (κ1) is 10.9. The third-order valence-corrected chi connectivity index (χ3v) is 2.39. The summed E-state index contributed by atoms with van der Waals surface area (Å²) in [6, 6.07) is 0. The fraction of sp³-hybridized carbons (Fsp3) is 0.500. The van der Waals surface area contributed by atoms with Crippen LogP contribution in [-0.4, -0.2) is 14.8 Å². The molecule has 0 fully saturated rings. The molecule has 0 aliphatic rings. The quantitative estimate of drug-likeness (QED) is 0.780. The molecule has 0 aliphatic heterocycles. The molecule has 0 saturated heterocycles. The lowest BCUT2D eigenvalue weighted by Gasteiger charge is -2.11. The van der Waals surface area contributed by atoms with E-state index < -0.39 is 0 Å². The molecular weight excluding hydrogens is 202 g/mol. The molecule has 2 heterocycles. The lowest BCUT2D eigenvalue weighted by Crippen LogP contribution is -2.10. The summed E-state index contributed by atoms with van der Waals surface area (Å²) in [4.78, 5) is 4.30. The molecule has 0 spiro atoms. The lowest BCUT2D eigenvalue weighted by molar-refractivity contribution is 0.399. The van der Waals surface area contributed by atoms with Gasteiger partial charge in [-0.15, -0.1) is 0 Å². The van der Waals surface area contributed by atoms with Crippen molar-refractivity contribution in [2.24, 2.45) is 0 Å².